The van der Waals surface area contributed by atoms with Gasteiger partial charge >= 0.3 is 58.6 Å². The Bertz CT molecular complexity index is 998. The fraction of sp³-hybridized carbons (Fsp3) is 0.407. The van der Waals surface area contributed by atoms with Crippen molar-refractivity contribution < 1.29 is 134 Å². The summed E-state index contributed by atoms with van der Waals surface area (Å²) < 4.78 is 0. The zero-order chi connectivity index (χ0) is 38.3. The minimum Gasteiger partial charge on any atom is -0.545 e. The van der Waals surface area contributed by atoms with Crippen LogP contribution in [0.1, 0.15) is 72.1 Å². The Morgan fingerprint density at radius 2 is 0.531 bits per heavy atom. The Morgan fingerprint density at radius 1 is 0.388 bits per heavy atom. The zero-order valence-electron chi connectivity index (χ0n) is 26.0. The average molecular weight is 781 g/mol. The topological polar surface area (TPSA) is 390 Å². The van der Waals surface area contributed by atoms with Crippen LogP contribution in [-0.4, -0.2) is 80.1 Å². The van der Waals surface area contributed by atoms with Crippen LogP contribution >= 0.6 is 0 Å². The van der Waals surface area contributed by atoms with Gasteiger partial charge in [0.1, 0.15) is 12.8 Å². The van der Waals surface area contributed by atoms with Crippen molar-refractivity contribution in [2.45, 2.75) is 72.1 Å². The number of unbranched alkanes of at least 4 members (excludes halogenated alkanes) is 3. The molecule has 272 valence electrons. The third-order valence-electron chi connectivity index (χ3n) is 3.84. The van der Waals surface area contributed by atoms with Gasteiger partial charge in [-0.1, -0.05) is 58.3 Å². The Balaban J connectivity index is -0.0000000903. The summed E-state index contributed by atoms with van der Waals surface area (Å²) in [6.45, 7) is 5.41. The molecular weight excluding hydrogens is 748 g/mol. The van der Waals surface area contributed by atoms with E-state index in [1.54, 1.807) is 20.8 Å². The van der Waals surface area contributed by atoms with E-state index in [-0.39, 0.29) is 34.7 Å². The summed E-state index contributed by atoms with van der Waals surface area (Å²) in [7, 11) is 0. The predicted octanol–water partition coefficient (Wildman–Crippen LogP) is -6.28. The first kappa shape index (κ1) is 59.4. The van der Waals surface area contributed by atoms with Gasteiger partial charge in [0.25, 0.3) is 0 Å². The molecule has 4 N–H and O–H groups in total. The van der Waals surface area contributed by atoms with Gasteiger partial charge in [0.05, 0.1) is 35.8 Å². The van der Waals surface area contributed by atoms with Crippen LogP contribution in [0.15, 0.2) is 34.9 Å². The van der Waals surface area contributed by atoms with Crippen LogP contribution in [0.3, 0.4) is 0 Å². The number of carboxylic acid groups (broad SMARTS) is 10. The molecule has 0 aromatic carbocycles. The molecule has 0 amide bonds. The van der Waals surface area contributed by atoms with E-state index in [1.807, 2.05) is 0 Å². The first-order valence-corrected chi connectivity index (χ1v) is 12.8. The number of carbonyl (C=O) groups is 10. The minimum atomic E-state index is -1.70. The second-order valence-corrected chi connectivity index (χ2v) is 7.87. The van der Waals surface area contributed by atoms with Gasteiger partial charge in [-0.2, -0.15) is 0 Å². The van der Waals surface area contributed by atoms with Crippen LogP contribution in [-0.2, 0) is 82.7 Å². The summed E-state index contributed by atoms with van der Waals surface area (Å²) in [5.41, 5.74) is -2.31. The minimum absolute atomic E-state index is 0. The number of rotatable bonds is 16. The number of hydrogen-bond acceptors (Lipinski definition) is 16. The van der Waals surface area contributed by atoms with Gasteiger partial charge in [0.2, 0.25) is 0 Å². The summed E-state index contributed by atoms with van der Waals surface area (Å²) in [6, 6.07) is 0. The fourth-order valence-electron chi connectivity index (χ4n) is 1.87. The standard InChI is InChI=1S/3C7H10O4.2C3H4O4.2Cr/c3*1-2-3-4-5(6(8)9)7(10)11;2*4-2(5)1-3(6)7;;/h3*4H,2-3H2,1H3,(H,8,9)(H,10,11);2*1H2,(H,4,5)(H,6,7);;/q;;;;;2*+3/p-6. The summed E-state index contributed by atoms with van der Waals surface area (Å²) in [5.74, 6) is -15.4. The van der Waals surface area contributed by atoms with Gasteiger partial charge in [0, 0.05) is 16.7 Å². The van der Waals surface area contributed by atoms with Crippen molar-refractivity contribution in [3.05, 3.63) is 34.9 Å². The first-order chi connectivity index (χ1) is 21.5. The summed E-state index contributed by atoms with van der Waals surface area (Å²) in [6.07, 6.45) is 4.91. The molecule has 0 saturated heterocycles. The van der Waals surface area contributed by atoms with Crippen molar-refractivity contribution in [1.29, 1.82) is 0 Å². The van der Waals surface area contributed by atoms with E-state index >= 15 is 0 Å². The van der Waals surface area contributed by atoms with Crippen molar-refractivity contribution in [2.75, 3.05) is 0 Å². The number of carboxylic acids is 10. The van der Waals surface area contributed by atoms with E-state index in [2.05, 4.69) is 0 Å². The smallest absolute Gasteiger partial charge is 0.545 e. The summed E-state index contributed by atoms with van der Waals surface area (Å²) >= 11 is 0. The third-order valence-corrected chi connectivity index (χ3v) is 3.84. The van der Waals surface area contributed by atoms with Crippen LogP contribution in [0.2, 0.25) is 0 Å². The van der Waals surface area contributed by atoms with Crippen LogP contribution in [0.4, 0.5) is 0 Å². The van der Waals surface area contributed by atoms with E-state index in [0.717, 1.165) is 18.2 Å². The molecule has 0 saturated carbocycles. The third kappa shape index (κ3) is 47.5. The molecule has 22 heteroatoms. The Kier molecular flexibility index (Phi) is 45.4. The number of hydrogen-bond donors (Lipinski definition) is 4. The number of allylic oxidation sites excluding steroid dienone is 3. The van der Waals surface area contributed by atoms with Crippen molar-refractivity contribution in [3.63, 3.8) is 0 Å². The van der Waals surface area contributed by atoms with Crippen molar-refractivity contribution in [1.82, 2.24) is 0 Å². The number of carbonyl (C=O) groups excluding carboxylic acids is 6. The van der Waals surface area contributed by atoms with Crippen molar-refractivity contribution in [3.8, 4) is 0 Å². The molecule has 0 aliphatic rings. The maximum absolute atomic E-state index is 10.0. The molecule has 0 atom stereocenters. The molecule has 0 rings (SSSR count). The molecule has 20 nitrogen and oxygen atoms in total. The Morgan fingerprint density at radius 3 is 0.592 bits per heavy atom. The molecule has 0 bridgehead atoms. The molecule has 0 heterocycles. The van der Waals surface area contributed by atoms with E-state index in [9.17, 15) is 78.6 Å². The van der Waals surface area contributed by atoms with Crippen LogP contribution < -0.4 is 30.6 Å². The maximum Gasteiger partial charge on any atom is 3.00 e. The molecule has 0 aromatic rings. The molecule has 0 unspecified atom stereocenters. The van der Waals surface area contributed by atoms with Crippen molar-refractivity contribution in [2.24, 2.45) is 0 Å². The largest absolute Gasteiger partial charge is 3.00 e. The average Bonchev–Trinajstić information content (AvgIpc) is 2.88. The second kappa shape index (κ2) is 37.4. The molecule has 0 fully saturated rings. The Hall–Kier alpha value is -5.02. The molecular formula is C27H32Cr2O20. The number of aliphatic carboxylic acids is 10. The predicted molar refractivity (Wildman–Crippen MR) is 139 cm³/mol. The maximum atomic E-state index is 10.0. The van der Waals surface area contributed by atoms with Crippen molar-refractivity contribution >= 4 is 59.7 Å². The monoisotopic (exact) mass is 780 g/mol. The molecule has 49 heavy (non-hydrogen) atoms. The molecule has 0 aliphatic carbocycles. The van der Waals surface area contributed by atoms with Crippen LogP contribution in [0.25, 0.3) is 0 Å². The normalized spacial score (nSPS) is 8.22. The molecule has 0 aliphatic heterocycles. The first-order valence-electron chi connectivity index (χ1n) is 12.8. The summed E-state index contributed by atoms with van der Waals surface area (Å²) in [4.78, 5) is 98.0. The zero-order valence-corrected chi connectivity index (χ0v) is 28.6. The van der Waals surface area contributed by atoms with Gasteiger partial charge in [-0.3, -0.25) is 19.2 Å². The molecule has 0 aromatic heterocycles. The summed E-state index contributed by atoms with van der Waals surface area (Å²) in [5, 5.41) is 91.1. The van der Waals surface area contributed by atoms with E-state index in [4.69, 9.17) is 20.4 Å². The quantitative estimate of drug-likeness (QED) is 0.0643. The van der Waals surface area contributed by atoms with Gasteiger partial charge in [-0.05, 0) is 19.3 Å². The molecule has 0 spiro atoms. The second-order valence-electron chi connectivity index (χ2n) is 7.87. The molecule has 2 radical (unpaired) electrons. The van der Waals surface area contributed by atoms with Gasteiger partial charge in [-0.25, -0.2) is 0 Å². The van der Waals surface area contributed by atoms with Gasteiger partial charge in [0.15, 0.2) is 0 Å². The Labute approximate surface area is 299 Å². The van der Waals surface area contributed by atoms with Crippen LogP contribution in [0, 0.1) is 0 Å². The van der Waals surface area contributed by atoms with Crippen LogP contribution in [0.5, 0.6) is 0 Å². The SMILES string of the molecule is CCCC=C(C(=O)[O-])C(=O)[O-].CCCC=C(C(=O)[O-])C(=O)[O-].CCCC=C(C(=O)[O-])C(=O)[O-].O=C(O)CC(=O)O.O=C(O)CC(=O)O.[Cr+3].[Cr+3]. The van der Waals surface area contributed by atoms with E-state index in [0.29, 0.717) is 38.5 Å². The van der Waals surface area contributed by atoms with Gasteiger partial charge in [-0.15, -0.1) is 0 Å². The fourth-order valence-corrected chi connectivity index (χ4v) is 1.87. The van der Waals surface area contributed by atoms with E-state index < -0.39 is 89.3 Å². The van der Waals surface area contributed by atoms with E-state index in [1.165, 1.54) is 0 Å². The van der Waals surface area contributed by atoms with Gasteiger partial charge < -0.3 is 79.8 Å².